The third kappa shape index (κ3) is 2.08. The minimum Gasteiger partial charge on any atom is -0.396 e. The Kier molecular flexibility index (Phi) is 2.64. The molecule has 0 radical (unpaired) electrons. The predicted molar refractivity (Wildman–Crippen MR) is 32.8 cm³/mol. The van der Waals surface area contributed by atoms with E-state index in [4.69, 9.17) is 5.73 Å². The molecule has 0 unspecified atom stereocenters. The van der Waals surface area contributed by atoms with Crippen LogP contribution >= 0.6 is 0 Å². The van der Waals surface area contributed by atoms with Crippen LogP contribution in [0.5, 0.6) is 0 Å². The summed E-state index contributed by atoms with van der Waals surface area (Å²) < 4.78 is 23.9. The van der Waals surface area contributed by atoms with Crippen molar-refractivity contribution in [1.29, 1.82) is 0 Å². The zero-order valence-corrected chi connectivity index (χ0v) is 4.82. The molecule has 0 fully saturated rings. The number of halogens is 2. The van der Waals surface area contributed by atoms with Gasteiger partial charge in [0.05, 0.1) is 5.70 Å². The number of hydrogen-bond acceptors (Lipinski definition) is 1. The normalized spacial score (nSPS) is 12.2. The molecule has 0 aliphatic carbocycles. The first-order valence-corrected chi connectivity index (χ1v) is 2.22. The Labute approximate surface area is 52.2 Å². The van der Waals surface area contributed by atoms with Crippen LogP contribution in [-0.2, 0) is 0 Å². The van der Waals surface area contributed by atoms with E-state index < -0.39 is 11.7 Å². The van der Waals surface area contributed by atoms with E-state index in [-0.39, 0.29) is 5.70 Å². The van der Waals surface area contributed by atoms with Crippen molar-refractivity contribution in [3.05, 3.63) is 36.6 Å². The summed E-state index contributed by atoms with van der Waals surface area (Å²) in [5, 5.41) is 0. The van der Waals surface area contributed by atoms with Crippen molar-refractivity contribution in [2.45, 2.75) is 0 Å². The topological polar surface area (TPSA) is 26.0 Å². The van der Waals surface area contributed by atoms with Crippen molar-refractivity contribution >= 4 is 0 Å². The second kappa shape index (κ2) is 3.02. The van der Waals surface area contributed by atoms with E-state index >= 15 is 0 Å². The minimum atomic E-state index is -1.17. The number of hydrogen-bond donors (Lipinski definition) is 1. The maximum atomic E-state index is 12.1. The summed E-state index contributed by atoms with van der Waals surface area (Å²) in [5.74, 6) is -2.32. The zero-order chi connectivity index (χ0) is 7.44. The molecule has 0 rings (SSSR count). The van der Waals surface area contributed by atoms with Crippen molar-refractivity contribution in [3.63, 3.8) is 0 Å². The molecule has 0 aromatic heterocycles. The van der Waals surface area contributed by atoms with E-state index in [0.717, 1.165) is 6.08 Å². The molecule has 0 saturated carbocycles. The predicted octanol–water partition coefficient (Wildman–Crippen LogP) is 1.80. The molecular weight excluding hydrogens is 124 g/mol. The number of allylic oxidation sites excluding steroid dienone is 3. The Morgan fingerprint density at radius 1 is 1.44 bits per heavy atom. The Hall–Kier alpha value is -1.12. The second-order valence-corrected chi connectivity index (χ2v) is 1.38. The average Bonchev–Trinajstić information content (AvgIpc) is 1.84. The smallest absolute Gasteiger partial charge is 0.180 e. The molecule has 1 nitrogen and oxygen atoms in total. The van der Waals surface area contributed by atoms with E-state index in [1.165, 1.54) is 0 Å². The van der Waals surface area contributed by atoms with E-state index in [9.17, 15) is 8.78 Å². The lowest BCUT2D eigenvalue weighted by atomic mass is 10.3. The lowest BCUT2D eigenvalue weighted by Crippen LogP contribution is -1.95. The highest BCUT2D eigenvalue weighted by atomic mass is 19.2. The summed E-state index contributed by atoms with van der Waals surface area (Å²) in [7, 11) is 0. The van der Waals surface area contributed by atoms with Crippen molar-refractivity contribution in [2.24, 2.45) is 5.73 Å². The van der Waals surface area contributed by atoms with Crippen LogP contribution in [0.4, 0.5) is 8.78 Å². The lowest BCUT2D eigenvalue weighted by Gasteiger charge is -1.92. The van der Waals surface area contributed by atoms with Gasteiger partial charge >= 0.3 is 0 Å². The maximum Gasteiger partial charge on any atom is 0.180 e. The molecular formula is C6H7F2N. The van der Waals surface area contributed by atoms with E-state index in [0.29, 0.717) is 0 Å². The summed E-state index contributed by atoms with van der Waals surface area (Å²) in [5.41, 5.74) is 4.57. The second-order valence-electron chi connectivity index (χ2n) is 1.38. The molecule has 0 saturated heterocycles. The Bertz CT molecular complexity index is 170. The first-order valence-electron chi connectivity index (χ1n) is 2.22. The molecule has 0 aliphatic heterocycles. The fourth-order valence-electron chi connectivity index (χ4n) is 0.246. The summed E-state index contributed by atoms with van der Waals surface area (Å²) in [6, 6.07) is 0. The number of rotatable bonds is 2. The van der Waals surface area contributed by atoms with Gasteiger partial charge in [-0.15, -0.1) is 0 Å². The average molecular weight is 131 g/mol. The summed E-state index contributed by atoms with van der Waals surface area (Å²) >= 11 is 0. The molecule has 0 atom stereocenters. The molecule has 3 heteroatoms. The molecule has 0 aliphatic rings. The molecule has 50 valence electrons. The molecule has 0 aromatic rings. The van der Waals surface area contributed by atoms with Crippen LogP contribution in [0.25, 0.3) is 0 Å². The van der Waals surface area contributed by atoms with Gasteiger partial charge in [0.15, 0.2) is 11.7 Å². The van der Waals surface area contributed by atoms with Gasteiger partial charge in [-0.25, -0.2) is 8.78 Å². The van der Waals surface area contributed by atoms with Gasteiger partial charge in [-0.1, -0.05) is 13.2 Å². The molecule has 0 amide bonds. The Balaban J connectivity index is 4.47. The maximum absolute atomic E-state index is 12.1. The fourth-order valence-corrected chi connectivity index (χ4v) is 0.246. The van der Waals surface area contributed by atoms with Crippen LogP contribution < -0.4 is 5.73 Å². The first-order chi connectivity index (χ1) is 4.09. The van der Waals surface area contributed by atoms with E-state index in [2.05, 4.69) is 13.2 Å². The third-order valence-corrected chi connectivity index (χ3v) is 0.712. The van der Waals surface area contributed by atoms with Gasteiger partial charge in [0.25, 0.3) is 0 Å². The van der Waals surface area contributed by atoms with Crippen molar-refractivity contribution in [3.8, 4) is 0 Å². The van der Waals surface area contributed by atoms with Gasteiger partial charge in [0.2, 0.25) is 0 Å². The van der Waals surface area contributed by atoms with Crippen LogP contribution in [0.3, 0.4) is 0 Å². The molecule has 2 N–H and O–H groups in total. The van der Waals surface area contributed by atoms with Crippen molar-refractivity contribution in [2.75, 3.05) is 0 Å². The molecule has 0 bridgehead atoms. The summed E-state index contributed by atoms with van der Waals surface area (Å²) in [4.78, 5) is 0. The quantitative estimate of drug-likeness (QED) is 0.568. The third-order valence-electron chi connectivity index (χ3n) is 0.712. The van der Waals surface area contributed by atoms with E-state index in [1.54, 1.807) is 0 Å². The standard InChI is InChI=1S/C6H7F2N/c1-3-5(9)6(8)4(2)7/h3H,1-2,9H2/b6-5-. The van der Waals surface area contributed by atoms with Crippen molar-refractivity contribution < 1.29 is 8.78 Å². The van der Waals surface area contributed by atoms with Crippen LogP contribution in [0.1, 0.15) is 0 Å². The van der Waals surface area contributed by atoms with E-state index in [1.807, 2.05) is 0 Å². The first kappa shape index (κ1) is 7.88. The monoisotopic (exact) mass is 131 g/mol. The zero-order valence-electron chi connectivity index (χ0n) is 4.82. The molecule has 0 aromatic carbocycles. The Morgan fingerprint density at radius 2 is 1.89 bits per heavy atom. The minimum absolute atomic E-state index is 0.331. The van der Waals surface area contributed by atoms with Crippen molar-refractivity contribution in [1.82, 2.24) is 0 Å². The van der Waals surface area contributed by atoms with Gasteiger partial charge in [0, 0.05) is 0 Å². The van der Waals surface area contributed by atoms with Gasteiger partial charge in [-0.3, -0.25) is 0 Å². The van der Waals surface area contributed by atoms with Crippen LogP contribution in [0.15, 0.2) is 36.6 Å². The Morgan fingerprint density at radius 3 is 2.00 bits per heavy atom. The fraction of sp³-hybridized carbons (Fsp3) is 0. The van der Waals surface area contributed by atoms with Crippen LogP contribution in [0.2, 0.25) is 0 Å². The van der Waals surface area contributed by atoms with Gasteiger partial charge in [-0.05, 0) is 6.08 Å². The summed E-state index contributed by atoms with van der Waals surface area (Å²) in [6.45, 7) is 5.83. The highest BCUT2D eigenvalue weighted by Gasteiger charge is 2.01. The molecule has 0 spiro atoms. The van der Waals surface area contributed by atoms with Gasteiger partial charge in [-0.2, -0.15) is 0 Å². The van der Waals surface area contributed by atoms with Gasteiger partial charge in [0.1, 0.15) is 0 Å². The lowest BCUT2D eigenvalue weighted by molar-refractivity contribution is 0.541. The molecule has 9 heavy (non-hydrogen) atoms. The number of nitrogens with two attached hydrogens (primary N) is 1. The highest BCUT2D eigenvalue weighted by Crippen LogP contribution is 2.12. The molecule has 0 heterocycles. The van der Waals surface area contributed by atoms with Gasteiger partial charge < -0.3 is 5.73 Å². The highest BCUT2D eigenvalue weighted by molar-refractivity contribution is 5.26. The van der Waals surface area contributed by atoms with Crippen LogP contribution in [-0.4, -0.2) is 0 Å². The SMILES string of the molecule is C=C/C(N)=C(/F)C(=C)F. The van der Waals surface area contributed by atoms with Crippen LogP contribution in [0, 0.1) is 0 Å². The summed E-state index contributed by atoms with van der Waals surface area (Å²) in [6.07, 6.45) is 1.01. The largest absolute Gasteiger partial charge is 0.396 e.